The van der Waals surface area contributed by atoms with Crippen molar-refractivity contribution in [1.29, 1.82) is 0 Å². The highest BCUT2D eigenvalue weighted by Gasteiger charge is 2.21. The zero-order chi connectivity index (χ0) is 9.97. The molecule has 0 atom stereocenters. The number of ketones is 1. The van der Waals surface area contributed by atoms with Gasteiger partial charge in [-0.05, 0) is 36.8 Å². The lowest BCUT2D eigenvalue weighted by Crippen LogP contribution is -2.24. The molecule has 0 spiro atoms. The monoisotopic (exact) mass is 229 g/mol. The number of Topliss-reactive ketones (excluding diaryl/α,β-unsaturated/α-hetero) is 1. The number of hydrogen-bond acceptors (Lipinski definition) is 3. The van der Waals surface area contributed by atoms with Crippen LogP contribution >= 0.6 is 22.9 Å². The van der Waals surface area contributed by atoms with Gasteiger partial charge in [-0.3, -0.25) is 4.79 Å². The number of nitrogens with one attached hydrogen (secondary N) is 1. The molecular formula is C10H12ClNOS. The summed E-state index contributed by atoms with van der Waals surface area (Å²) in [5.41, 5.74) is 0. The van der Waals surface area contributed by atoms with Gasteiger partial charge in [0, 0.05) is 0 Å². The predicted octanol–water partition coefficient (Wildman–Crippen LogP) is 2.58. The van der Waals surface area contributed by atoms with Crippen LogP contribution in [0.4, 0.5) is 0 Å². The maximum atomic E-state index is 11.6. The molecule has 1 heterocycles. The maximum absolute atomic E-state index is 11.6. The quantitative estimate of drug-likeness (QED) is 0.787. The molecule has 2 nitrogen and oxygen atoms in total. The normalized spacial score (nSPS) is 15.8. The molecule has 0 radical (unpaired) electrons. The molecule has 0 amide bonds. The number of carbonyl (C=O) groups excluding carboxylic acids is 1. The van der Waals surface area contributed by atoms with Gasteiger partial charge in [0.2, 0.25) is 0 Å². The molecule has 0 unspecified atom stereocenters. The summed E-state index contributed by atoms with van der Waals surface area (Å²) in [6.07, 6.45) is 2.61. The smallest absolute Gasteiger partial charge is 0.188 e. The molecule has 14 heavy (non-hydrogen) atoms. The molecule has 2 rings (SSSR count). The first-order valence-electron chi connectivity index (χ1n) is 4.74. The summed E-state index contributed by atoms with van der Waals surface area (Å²) in [5.74, 6) is 0.909. The Labute approximate surface area is 92.3 Å². The molecule has 0 bridgehead atoms. The lowest BCUT2D eigenvalue weighted by Gasteiger charge is -2.01. The highest BCUT2D eigenvalue weighted by Crippen LogP contribution is 2.27. The maximum Gasteiger partial charge on any atom is 0.188 e. The van der Waals surface area contributed by atoms with Crippen LogP contribution in [0.25, 0.3) is 0 Å². The molecule has 1 saturated carbocycles. The first-order valence-corrected chi connectivity index (χ1v) is 6.00. The average Bonchev–Trinajstić information content (AvgIpc) is 2.87. The summed E-state index contributed by atoms with van der Waals surface area (Å²) < 4.78 is 0. The van der Waals surface area contributed by atoms with Crippen LogP contribution in [0.1, 0.15) is 22.5 Å². The summed E-state index contributed by atoms with van der Waals surface area (Å²) >= 11 is 7.26. The molecule has 1 aliphatic rings. The van der Waals surface area contributed by atoms with Crippen molar-refractivity contribution in [1.82, 2.24) is 5.32 Å². The lowest BCUT2D eigenvalue weighted by atomic mass is 10.3. The third kappa shape index (κ3) is 2.56. The summed E-state index contributed by atoms with van der Waals surface area (Å²) in [7, 11) is 0. The Hall–Kier alpha value is -0.380. The summed E-state index contributed by atoms with van der Waals surface area (Å²) in [6.45, 7) is 1.38. The van der Waals surface area contributed by atoms with Crippen molar-refractivity contribution in [2.75, 3.05) is 13.1 Å². The fraction of sp³-hybridized carbons (Fsp3) is 0.500. The van der Waals surface area contributed by atoms with Crippen LogP contribution in [0.3, 0.4) is 0 Å². The van der Waals surface area contributed by atoms with Crippen LogP contribution in [0.5, 0.6) is 0 Å². The standard InChI is InChI=1S/C10H12ClNOS/c11-8-3-4-14-10(8)9(13)6-12-5-7-1-2-7/h3-4,7,12H,1-2,5-6H2. The summed E-state index contributed by atoms with van der Waals surface area (Å²) in [6, 6.07) is 1.76. The van der Waals surface area contributed by atoms with Crippen LogP contribution in [-0.4, -0.2) is 18.9 Å². The average molecular weight is 230 g/mol. The van der Waals surface area contributed by atoms with Crippen LogP contribution in [0, 0.1) is 5.92 Å². The van der Waals surface area contributed by atoms with Crippen LogP contribution in [0.15, 0.2) is 11.4 Å². The molecule has 1 aromatic rings. The molecule has 76 valence electrons. The van der Waals surface area contributed by atoms with Gasteiger partial charge in [0.1, 0.15) is 0 Å². The minimum atomic E-state index is 0.102. The second-order valence-electron chi connectivity index (χ2n) is 3.60. The molecule has 1 fully saturated rings. The van der Waals surface area contributed by atoms with Crippen molar-refractivity contribution < 1.29 is 4.79 Å². The fourth-order valence-corrected chi connectivity index (χ4v) is 2.39. The minimum absolute atomic E-state index is 0.102. The number of thiophene rings is 1. The number of carbonyl (C=O) groups is 1. The highest BCUT2D eigenvalue weighted by molar-refractivity contribution is 7.12. The SMILES string of the molecule is O=C(CNCC1CC1)c1sccc1Cl. The van der Waals surface area contributed by atoms with Crippen LogP contribution in [0.2, 0.25) is 5.02 Å². The second-order valence-corrected chi connectivity index (χ2v) is 4.92. The zero-order valence-electron chi connectivity index (χ0n) is 7.75. The molecule has 4 heteroatoms. The van der Waals surface area contributed by atoms with E-state index in [1.54, 1.807) is 6.07 Å². The van der Waals surface area contributed by atoms with Gasteiger partial charge < -0.3 is 5.32 Å². The molecule has 1 aromatic heterocycles. The zero-order valence-corrected chi connectivity index (χ0v) is 9.33. The molecule has 1 aliphatic carbocycles. The van der Waals surface area contributed by atoms with E-state index in [1.807, 2.05) is 5.38 Å². The molecular weight excluding hydrogens is 218 g/mol. The number of rotatable bonds is 5. The van der Waals surface area contributed by atoms with Gasteiger partial charge in [0.15, 0.2) is 5.78 Å². The molecule has 0 aliphatic heterocycles. The largest absolute Gasteiger partial charge is 0.309 e. The van der Waals surface area contributed by atoms with E-state index in [-0.39, 0.29) is 5.78 Å². The Morgan fingerprint density at radius 2 is 2.43 bits per heavy atom. The van der Waals surface area contributed by atoms with E-state index in [4.69, 9.17) is 11.6 Å². The van der Waals surface area contributed by atoms with Gasteiger partial charge in [0.25, 0.3) is 0 Å². The third-order valence-corrected chi connectivity index (χ3v) is 3.67. The molecule has 0 saturated heterocycles. The van der Waals surface area contributed by atoms with Crippen molar-refractivity contribution in [3.8, 4) is 0 Å². The summed E-state index contributed by atoms with van der Waals surface area (Å²) in [4.78, 5) is 12.3. The van der Waals surface area contributed by atoms with E-state index >= 15 is 0 Å². The van der Waals surface area contributed by atoms with E-state index in [0.717, 1.165) is 12.5 Å². The molecule has 1 N–H and O–H groups in total. The lowest BCUT2D eigenvalue weighted by molar-refractivity contribution is 0.0995. The van der Waals surface area contributed by atoms with E-state index in [0.29, 0.717) is 16.4 Å². The van der Waals surface area contributed by atoms with Crippen molar-refractivity contribution in [2.24, 2.45) is 5.92 Å². The Balaban J connectivity index is 1.79. The topological polar surface area (TPSA) is 29.1 Å². The van der Waals surface area contributed by atoms with Crippen LogP contribution < -0.4 is 5.32 Å². The van der Waals surface area contributed by atoms with E-state index < -0.39 is 0 Å². The predicted molar refractivity (Wildman–Crippen MR) is 59.3 cm³/mol. The van der Waals surface area contributed by atoms with Gasteiger partial charge in [-0.2, -0.15) is 0 Å². The van der Waals surface area contributed by atoms with Crippen molar-refractivity contribution in [3.05, 3.63) is 21.3 Å². The van der Waals surface area contributed by atoms with E-state index in [9.17, 15) is 4.79 Å². The first-order chi connectivity index (χ1) is 6.77. The Bertz CT molecular complexity index is 333. The van der Waals surface area contributed by atoms with Crippen molar-refractivity contribution in [3.63, 3.8) is 0 Å². The summed E-state index contributed by atoms with van der Waals surface area (Å²) in [5, 5.41) is 5.58. The fourth-order valence-electron chi connectivity index (χ4n) is 1.28. The minimum Gasteiger partial charge on any atom is -0.309 e. The van der Waals surface area contributed by atoms with Crippen molar-refractivity contribution >= 4 is 28.7 Å². The van der Waals surface area contributed by atoms with E-state index in [2.05, 4.69) is 5.32 Å². The van der Waals surface area contributed by atoms with Gasteiger partial charge >= 0.3 is 0 Å². The number of halogens is 1. The van der Waals surface area contributed by atoms with E-state index in [1.165, 1.54) is 24.2 Å². The molecule has 0 aromatic carbocycles. The van der Waals surface area contributed by atoms with Gasteiger partial charge in [-0.15, -0.1) is 11.3 Å². The number of hydrogen-bond donors (Lipinski definition) is 1. The Morgan fingerprint density at radius 1 is 1.64 bits per heavy atom. The van der Waals surface area contributed by atoms with Crippen LogP contribution in [-0.2, 0) is 0 Å². The first kappa shape index (κ1) is 10.1. The van der Waals surface area contributed by atoms with Gasteiger partial charge in [-0.1, -0.05) is 11.6 Å². The van der Waals surface area contributed by atoms with Gasteiger partial charge in [-0.25, -0.2) is 0 Å². The Kier molecular flexibility index (Phi) is 3.21. The second kappa shape index (κ2) is 4.43. The third-order valence-electron chi connectivity index (χ3n) is 2.29. The van der Waals surface area contributed by atoms with Crippen molar-refractivity contribution in [2.45, 2.75) is 12.8 Å². The van der Waals surface area contributed by atoms with Gasteiger partial charge in [0.05, 0.1) is 16.4 Å². The Morgan fingerprint density at radius 3 is 3.00 bits per heavy atom. The highest BCUT2D eigenvalue weighted by atomic mass is 35.5.